The Balaban J connectivity index is 2.21. The summed E-state index contributed by atoms with van der Waals surface area (Å²) in [6.07, 6.45) is 5.19. The van der Waals surface area contributed by atoms with Gasteiger partial charge < -0.3 is 16.0 Å². The minimum Gasteiger partial charge on any atom is -0.383 e. The van der Waals surface area contributed by atoms with E-state index in [0.29, 0.717) is 31.6 Å². The summed E-state index contributed by atoms with van der Waals surface area (Å²) in [4.78, 5) is 12.7. The zero-order chi connectivity index (χ0) is 22.9. The van der Waals surface area contributed by atoms with Crippen LogP contribution in [0.5, 0.6) is 0 Å². The number of carbonyl (C=O) groups is 1. The maximum atomic E-state index is 12.9. The van der Waals surface area contributed by atoms with E-state index in [-0.39, 0.29) is 17.3 Å². The molecule has 0 aliphatic heterocycles. The molecule has 0 bridgehead atoms. The second-order valence-corrected chi connectivity index (χ2v) is 9.82. The Labute approximate surface area is 186 Å². The van der Waals surface area contributed by atoms with Crippen molar-refractivity contribution in [3.8, 4) is 6.07 Å². The van der Waals surface area contributed by atoms with E-state index in [1.54, 1.807) is 32.0 Å². The van der Waals surface area contributed by atoms with Crippen molar-refractivity contribution in [3.05, 3.63) is 18.2 Å². The van der Waals surface area contributed by atoms with Crippen LogP contribution in [0.25, 0.3) is 0 Å². The maximum absolute atomic E-state index is 12.9. The largest absolute Gasteiger partial charge is 0.383 e. The third-order valence-corrected chi connectivity index (χ3v) is 7.72. The third-order valence-electron chi connectivity index (χ3n) is 5.67. The summed E-state index contributed by atoms with van der Waals surface area (Å²) in [5.41, 5.74) is 0.516. The number of nitrogens with zero attached hydrogens (tertiary/aromatic N) is 2. The highest BCUT2D eigenvalue weighted by Crippen LogP contribution is 2.29. The molecule has 0 atom stereocenters. The number of amides is 1. The third kappa shape index (κ3) is 6.34. The number of hydrogen-bond donors (Lipinski definition) is 3. The van der Waals surface area contributed by atoms with Crippen LogP contribution in [-0.4, -0.2) is 50.3 Å². The van der Waals surface area contributed by atoms with Crippen molar-refractivity contribution in [3.63, 3.8) is 0 Å². The molecule has 31 heavy (non-hydrogen) atoms. The molecule has 1 aromatic carbocycles. The van der Waals surface area contributed by atoms with Gasteiger partial charge in [-0.05, 0) is 50.3 Å². The van der Waals surface area contributed by atoms with Gasteiger partial charge in [0.25, 0.3) is 0 Å². The molecule has 1 fully saturated rings. The Morgan fingerprint density at radius 2 is 1.81 bits per heavy atom. The molecule has 2 rings (SSSR count). The van der Waals surface area contributed by atoms with Gasteiger partial charge in [-0.15, -0.1) is 0 Å². The fourth-order valence-corrected chi connectivity index (χ4v) is 5.31. The molecule has 0 spiro atoms. The Kier molecular flexibility index (Phi) is 9.14. The first-order valence-electron chi connectivity index (χ1n) is 11.2. The molecule has 1 aromatic rings. The first kappa shape index (κ1) is 25.0. The average molecular weight is 450 g/mol. The zero-order valence-corrected chi connectivity index (χ0v) is 19.6. The second-order valence-electron chi connectivity index (χ2n) is 7.88. The summed E-state index contributed by atoms with van der Waals surface area (Å²) in [6.45, 7) is 7.18. The smallest absolute Gasteiger partial charge is 0.243 e. The lowest BCUT2D eigenvalue weighted by molar-refractivity contribution is -0.120. The Bertz CT molecular complexity index is 885. The highest BCUT2D eigenvalue weighted by atomic mass is 32.2. The zero-order valence-electron chi connectivity index (χ0n) is 18.8. The number of rotatable bonds is 12. The van der Waals surface area contributed by atoms with Crippen LogP contribution in [0.1, 0.15) is 59.3 Å². The molecule has 0 radical (unpaired) electrons. The highest BCUT2D eigenvalue weighted by molar-refractivity contribution is 7.89. The van der Waals surface area contributed by atoms with Crippen molar-refractivity contribution in [1.29, 1.82) is 5.26 Å². The molecule has 0 saturated heterocycles. The second kappa shape index (κ2) is 11.3. The maximum Gasteiger partial charge on any atom is 0.243 e. The number of benzene rings is 1. The molecule has 1 aliphatic carbocycles. The van der Waals surface area contributed by atoms with Crippen LogP contribution < -0.4 is 16.0 Å². The summed E-state index contributed by atoms with van der Waals surface area (Å²) in [5.74, 6) is -0.278. The average Bonchev–Trinajstić information content (AvgIpc) is 3.22. The molecular formula is C22H35N5O3S. The highest BCUT2D eigenvalue weighted by Gasteiger charge is 2.35. The normalized spacial score (nSPS) is 15.5. The molecule has 172 valence electrons. The van der Waals surface area contributed by atoms with Gasteiger partial charge in [0.15, 0.2) is 0 Å². The number of anilines is 2. The SMILES string of the molecule is CCCCNc1ccc(S(=O)(=O)N(CC)CC)cc1NCC(=O)NC1(C#N)CCCC1. The molecule has 8 nitrogen and oxygen atoms in total. The van der Waals surface area contributed by atoms with Crippen LogP contribution in [0.4, 0.5) is 11.4 Å². The monoisotopic (exact) mass is 449 g/mol. The summed E-state index contributed by atoms with van der Waals surface area (Å²) < 4.78 is 27.3. The number of hydrogen-bond acceptors (Lipinski definition) is 6. The van der Waals surface area contributed by atoms with E-state index in [1.807, 2.05) is 0 Å². The Hall–Kier alpha value is -2.31. The number of carbonyl (C=O) groups excluding carboxylic acids is 1. The van der Waals surface area contributed by atoms with E-state index in [0.717, 1.165) is 37.9 Å². The summed E-state index contributed by atoms with van der Waals surface area (Å²) in [7, 11) is -3.61. The summed E-state index contributed by atoms with van der Waals surface area (Å²) >= 11 is 0. The quantitative estimate of drug-likeness (QED) is 0.422. The van der Waals surface area contributed by atoms with Gasteiger partial charge in [-0.25, -0.2) is 8.42 Å². The van der Waals surface area contributed by atoms with Gasteiger partial charge in [0.1, 0.15) is 5.54 Å². The van der Waals surface area contributed by atoms with Gasteiger partial charge >= 0.3 is 0 Å². The molecule has 0 heterocycles. The van der Waals surface area contributed by atoms with Crippen LogP contribution in [-0.2, 0) is 14.8 Å². The molecule has 0 unspecified atom stereocenters. The van der Waals surface area contributed by atoms with Gasteiger partial charge in [-0.2, -0.15) is 9.57 Å². The lowest BCUT2D eigenvalue weighted by Gasteiger charge is -2.23. The van der Waals surface area contributed by atoms with Gasteiger partial charge in [0.05, 0.1) is 28.9 Å². The van der Waals surface area contributed by atoms with Gasteiger partial charge in [0.2, 0.25) is 15.9 Å². The number of nitrogens with one attached hydrogen (secondary N) is 3. The van der Waals surface area contributed by atoms with Crippen LogP contribution in [0.3, 0.4) is 0 Å². The lowest BCUT2D eigenvalue weighted by atomic mass is 10.00. The summed E-state index contributed by atoms with van der Waals surface area (Å²) in [6, 6.07) is 7.15. The standard InChI is InChI=1S/C22H35N5O3S/c1-4-7-14-24-19-11-10-18(31(29,30)27(5-2)6-3)15-20(19)25-16-21(28)26-22(17-23)12-8-9-13-22/h10-11,15,24-25H,4-9,12-14,16H2,1-3H3,(H,26,28). The minimum absolute atomic E-state index is 0.0410. The fraction of sp³-hybridized carbons (Fsp3) is 0.636. The van der Waals surface area contributed by atoms with Crippen molar-refractivity contribution in [1.82, 2.24) is 9.62 Å². The number of sulfonamides is 1. The van der Waals surface area contributed by atoms with Gasteiger partial charge in [-0.1, -0.05) is 27.2 Å². The molecule has 1 aliphatic rings. The van der Waals surface area contributed by atoms with E-state index in [1.165, 1.54) is 4.31 Å². The first-order chi connectivity index (χ1) is 14.8. The molecule has 1 saturated carbocycles. The molecule has 0 aromatic heterocycles. The molecular weight excluding hydrogens is 414 g/mol. The van der Waals surface area contributed by atoms with E-state index < -0.39 is 15.6 Å². The van der Waals surface area contributed by atoms with Crippen molar-refractivity contribution < 1.29 is 13.2 Å². The van der Waals surface area contributed by atoms with Crippen molar-refractivity contribution in [2.24, 2.45) is 0 Å². The topological polar surface area (TPSA) is 114 Å². The van der Waals surface area contributed by atoms with Gasteiger partial charge in [0, 0.05) is 19.6 Å². The van der Waals surface area contributed by atoms with Gasteiger partial charge in [-0.3, -0.25) is 4.79 Å². The van der Waals surface area contributed by atoms with Crippen LogP contribution in [0.15, 0.2) is 23.1 Å². The lowest BCUT2D eigenvalue weighted by Crippen LogP contribution is -2.47. The molecule has 3 N–H and O–H groups in total. The van der Waals surface area contributed by atoms with Crippen molar-refractivity contribution in [2.45, 2.75) is 69.7 Å². The predicted octanol–water partition coefficient (Wildman–Crippen LogP) is 3.29. The van der Waals surface area contributed by atoms with Crippen molar-refractivity contribution >= 4 is 27.3 Å². The van der Waals surface area contributed by atoms with E-state index >= 15 is 0 Å². The van der Waals surface area contributed by atoms with E-state index in [9.17, 15) is 18.5 Å². The van der Waals surface area contributed by atoms with Crippen molar-refractivity contribution in [2.75, 3.05) is 36.8 Å². The van der Waals surface area contributed by atoms with E-state index in [4.69, 9.17) is 0 Å². The predicted molar refractivity (Wildman–Crippen MR) is 123 cm³/mol. The Morgan fingerprint density at radius 1 is 1.13 bits per heavy atom. The summed E-state index contributed by atoms with van der Waals surface area (Å²) in [5, 5.41) is 18.7. The van der Waals surface area contributed by atoms with Crippen LogP contribution in [0, 0.1) is 11.3 Å². The molecule has 9 heteroatoms. The minimum atomic E-state index is -3.61. The van der Waals surface area contributed by atoms with Crippen LogP contribution >= 0.6 is 0 Å². The first-order valence-corrected chi connectivity index (χ1v) is 12.6. The number of nitriles is 1. The molecule has 1 amide bonds. The van der Waals surface area contributed by atoms with Crippen LogP contribution in [0.2, 0.25) is 0 Å². The number of unbranched alkanes of at least 4 members (excludes halogenated alkanes) is 1. The Morgan fingerprint density at radius 3 is 2.39 bits per heavy atom. The van der Waals surface area contributed by atoms with E-state index in [2.05, 4.69) is 28.9 Å². The fourth-order valence-electron chi connectivity index (χ4n) is 3.83.